The summed E-state index contributed by atoms with van der Waals surface area (Å²) >= 11 is 7.09. The van der Waals surface area contributed by atoms with Gasteiger partial charge in [0.2, 0.25) is 5.91 Å². The molecule has 0 saturated heterocycles. The van der Waals surface area contributed by atoms with Crippen molar-refractivity contribution < 1.29 is 4.79 Å². The van der Waals surface area contributed by atoms with E-state index in [1.807, 2.05) is 4.90 Å². The minimum Gasteiger partial charge on any atom is -0.352 e. The van der Waals surface area contributed by atoms with E-state index in [2.05, 4.69) is 68.0 Å². The molecule has 0 bridgehead atoms. The predicted molar refractivity (Wildman–Crippen MR) is 99.5 cm³/mol. The summed E-state index contributed by atoms with van der Waals surface area (Å²) in [6.07, 6.45) is 3.32. The van der Waals surface area contributed by atoms with Crippen LogP contribution in [0.5, 0.6) is 0 Å². The third-order valence-corrected chi connectivity index (χ3v) is 6.48. The largest absolute Gasteiger partial charge is 0.352 e. The van der Waals surface area contributed by atoms with Crippen molar-refractivity contribution in [3.8, 4) is 0 Å². The molecule has 2 aromatic rings. The molecule has 1 amide bonds. The van der Waals surface area contributed by atoms with Crippen LogP contribution >= 0.6 is 31.9 Å². The van der Waals surface area contributed by atoms with Crippen molar-refractivity contribution in [2.45, 2.75) is 39.2 Å². The highest BCUT2D eigenvalue weighted by Gasteiger charge is 2.24. The average molecular weight is 440 g/mol. The zero-order chi connectivity index (χ0) is 16.4. The van der Waals surface area contributed by atoms with E-state index in [9.17, 15) is 4.79 Å². The van der Waals surface area contributed by atoms with Crippen LogP contribution in [0.4, 0.5) is 0 Å². The van der Waals surface area contributed by atoms with Crippen LogP contribution in [0.25, 0.3) is 0 Å². The molecule has 1 aromatic heterocycles. The fourth-order valence-corrected chi connectivity index (χ4v) is 3.93. The lowest BCUT2D eigenvalue weighted by Gasteiger charge is -2.27. The highest BCUT2D eigenvalue weighted by Crippen LogP contribution is 2.33. The Bertz CT molecular complexity index is 707. The number of halogens is 2. The van der Waals surface area contributed by atoms with Gasteiger partial charge in [0.05, 0.1) is 9.08 Å². The van der Waals surface area contributed by atoms with Gasteiger partial charge in [-0.2, -0.15) is 0 Å². The van der Waals surface area contributed by atoms with Crippen LogP contribution in [0, 0.1) is 0 Å². The number of rotatable bonds is 4. The molecule has 0 atom stereocenters. The number of aromatic nitrogens is 1. The Morgan fingerprint density at radius 1 is 1.22 bits per heavy atom. The quantitative estimate of drug-likeness (QED) is 0.741. The number of nitrogens with zero attached hydrogens (tertiary/aromatic N) is 1. The Labute approximate surface area is 153 Å². The van der Waals surface area contributed by atoms with Crippen molar-refractivity contribution in [3.05, 3.63) is 55.7 Å². The van der Waals surface area contributed by atoms with Crippen molar-refractivity contribution >= 4 is 37.8 Å². The second-order valence-electron chi connectivity index (χ2n) is 5.95. The van der Waals surface area contributed by atoms with Crippen LogP contribution in [0.1, 0.15) is 35.7 Å². The molecule has 3 nitrogen and oxygen atoms in total. The molecule has 0 saturated carbocycles. The molecule has 3 rings (SSSR count). The second kappa shape index (κ2) is 7.22. The molecular formula is C18H20Br2N2O. The summed E-state index contributed by atoms with van der Waals surface area (Å²) in [5, 5.41) is 0. The normalized spacial score (nSPS) is 14.0. The number of benzene rings is 1. The number of H-pyrrole nitrogens is 1. The summed E-state index contributed by atoms with van der Waals surface area (Å²) < 4.78 is 2.01. The topological polar surface area (TPSA) is 36.1 Å². The lowest BCUT2D eigenvalue weighted by atomic mass is 10.0. The number of aryl methyl sites for hydroxylation is 2. The molecule has 5 heteroatoms. The van der Waals surface area contributed by atoms with Gasteiger partial charge < -0.3 is 9.88 Å². The van der Waals surface area contributed by atoms with Crippen LogP contribution < -0.4 is 0 Å². The molecule has 0 unspecified atom stereocenters. The number of hydrogen-bond donors (Lipinski definition) is 1. The third-order valence-electron chi connectivity index (χ3n) is 4.47. The lowest BCUT2D eigenvalue weighted by Crippen LogP contribution is -2.36. The molecule has 0 radical (unpaired) electrons. The fraction of sp³-hybridized carbons (Fsp3) is 0.389. The van der Waals surface area contributed by atoms with Crippen LogP contribution in [-0.4, -0.2) is 22.3 Å². The van der Waals surface area contributed by atoms with Gasteiger partial charge in [-0.1, -0.05) is 31.2 Å². The van der Waals surface area contributed by atoms with E-state index < -0.39 is 0 Å². The molecule has 2 heterocycles. The van der Waals surface area contributed by atoms with Gasteiger partial charge in [0, 0.05) is 37.2 Å². The summed E-state index contributed by atoms with van der Waals surface area (Å²) in [7, 11) is 0. The predicted octanol–water partition coefficient (Wildman–Crippen LogP) is 4.62. The average Bonchev–Trinajstić information content (AvgIpc) is 2.87. The molecule has 1 N–H and O–H groups in total. The van der Waals surface area contributed by atoms with Gasteiger partial charge in [-0.15, -0.1) is 0 Å². The van der Waals surface area contributed by atoms with Gasteiger partial charge in [-0.05, 0) is 55.8 Å². The molecule has 1 aliphatic rings. The summed E-state index contributed by atoms with van der Waals surface area (Å²) in [6.45, 7) is 3.63. The maximum atomic E-state index is 12.5. The van der Waals surface area contributed by atoms with Gasteiger partial charge in [0.1, 0.15) is 0 Å². The Balaban J connectivity index is 1.59. The van der Waals surface area contributed by atoms with Crippen LogP contribution in [0.2, 0.25) is 0 Å². The number of hydrogen-bond acceptors (Lipinski definition) is 1. The highest BCUT2D eigenvalue weighted by molar-refractivity contribution is 9.13. The molecule has 23 heavy (non-hydrogen) atoms. The van der Waals surface area contributed by atoms with Crippen molar-refractivity contribution in [2.24, 2.45) is 0 Å². The smallest absolute Gasteiger partial charge is 0.223 e. The first-order valence-corrected chi connectivity index (χ1v) is 9.57. The highest BCUT2D eigenvalue weighted by atomic mass is 79.9. The lowest BCUT2D eigenvalue weighted by molar-refractivity contribution is -0.132. The molecule has 0 spiro atoms. The van der Waals surface area contributed by atoms with E-state index in [-0.39, 0.29) is 5.91 Å². The molecule has 0 aliphatic carbocycles. The number of fused-ring (bicyclic) bond motifs is 1. The number of carbonyl (C=O) groups is 1. The minimum atomic E-state index is 0.236. The van der Waals surface area contributed by atoms with Crippen molar-refractivity contribution in [1.29, 1.82) is 0 Å². The number of carbonyl (C=O) groups excluding carboxylic acids is 1. The van der Waals surface area contributed by atoms with Gasteiger partial charge in [-0.25, -0.2) is 0 Å². The summed E-state index contributed by atoms with van der Waals surface area (Å²) in [5.74, 6) is 0.236. The van der Waals surface area contributed by atoms with Gasteiger partial charge >= 0.3 is 0 Å². The number of aromatic amines is 1. The first-order chi connectivity index (χ1) is 11.1. The van der Waals surface area contributed by atoms with Crippen molar-refractivity contribution in [3.63, 3.8) is 0 Å². The maximum absolute atomic E-state index is 12.5. The molecular weight excluding hydrogens is 420 g/mol. The second-order valence-corrected chi connectivity index (χ2v) is 7.53. The van der Waals surface area contributed by atoms with Gasteiger partial charge in [0.25, 0.3) is 0 Å². The zero-order valence-corrected chi connectivity index (χ0v) is 16.3. The summed E-state index contributed by atoms with van der Waals surface area (Å²) in [4.78, 5) is 17.8. The van der Waals surface area contributed by atoms with Crippen LogP contribution in [-0.2, 0) is 30.6 Å². The third kappa shape index (κ3) is 3.72. The molecule has 1 aliphatic heterocycles. The van der Waals surface area contributed by atoms with E-state index in [0.29, 0.717) is 13.0 Å². The maximum Gasteiger partial charge on any atom is 0.223 e. The Kier molecular flexibility index (Phi) is 5.27. The summed E-state index contributed by atoms with van der Waals surface area (Å²) in [6, 6.07) is 8.59. The SMILES string of the molecule is CCc1ccc(CCC(=O)N2CCc3[nH]c(Br)c(Br)c3C2)cc1. The Morgan fingerprint density at radius 2 is 1.91 bits per heavy atom. The van der Waals surface area contributed by atoms with Gasteiger partial charge in [0.15, 0.2) is 0 Å². The minimum absolute atomic E-state index is 0.236. The van der Waals surface area contributed by atoms with E-state index in [1.54, 1.807) is 0 Å². The van der Waals surface area contributed by atoms with E-state index in [0.717, 1.165) is 34.9 Å². The standard InChI is InChI=1S/C18H20Br2N2O/c1-2-12-3-5-13(6-4-12)7-8-16(23)22-10-9-15-14(11-22)17(19)18(20)21-15/h3-6,21H,2,7-11H2,1H3. The first kappa shape index (κ1) is 16.8. The van der Waals surface area contributed by atoms with E-state index in [4.69, 9.17) is 0 Å². The van der Waals surface area contributed by atoms with E-state index >= 15 is 0 Å². The molecule has 1 aromatic carbocycles. The van der Waals surface area contributed by atoms with Crippen LogP contribution in [0.3, 0.4) is 0 Å². The van der Waals surface area contributed by atoms with Crippen LogP contribution in [0.15, 0.2) is 33.3 Å². The van der Waals surface area contributed by atoms with E-state index in [1.165, 1.54) is 22.4 Å². The monoisotopic (exact) mass is 438 g/mol. The van der Waals surface area contributed by atoms with Crippen molar-refractivity contribution in [1.82, 2.24) is 9.88 Å². The molecule has 122 valence electrons. The summed E-state index contributed by atoms with van der Waals surface area (Å²) in [5.41, 5.74) is 5.00. The fourth-order valence-electron chi connectivity index (χ4n) is 2.99. The zero-order valence-electron chi connectivity index (χ0n) is 13.2. The Morgan fingerprint density at radius 3 is 2.61 bits per heavy atom. The first-order valence-electron chi connectivity index (χ1n) is 7.98. The Hall–Kier alpha value is -1.07. The number of nitrogens with one attached hydrogen (secondary N) is 1. The van der Waals surface area contributed by atoms with Crippen molar-refractivity contribution in [2.75, 3.05) is 6.54 Å². The number of amides is 1. The van der Waals surface area contributed by atoms with Gasteiger partial charge in [-0.3, -0.25) is 4.79 Å². The molecule has 0 fully saturated rings.